The summed E-state index contributed by atoms with van der Waals surface area (Å²) in [5, 5.41) is 3.06. The van der Waals surface area contributed by atoms with Crippen LogP contribution in [0.5, 0.6) is 11.5 Å². The molecule has 0 saturated heterocycles. The Morgan fingerprint density at radius 1 is 1.19 bits per heavy atom. The zero-order chi connectivity index (χ0) is 22.6. The summed E-state index contributed by atoms with van der Waals surface area (Å²) in [4.78, 5) is 33.9. The van der Waals surface area contributed by atoms with Gasteiger partial charge in [0.1, 0.15) is 6.61 Å². The van der Waals surface area contributed by atoms with Crippen molar-refractivity contribution in [1.29, 1.82) is 0 Å². The van der Waals surface area contributed by atoms with Crippen molar-refractivity contribution in [3.05, 3.63) is 58.0 Å². The Labute approximate surface area is 188 Å². The molecule has 2 aromatic rings. The van der Waals surface area contributed by atoms with E-state index < -0.39 is 17.5 Å². The van der Waals surface area contributed by atoms with Gasteiger partial charge in [-0.2, -0.15) is 0 Å². The van der Waals surface area contributed by atoms with Gasteiger partial charge in [0, 0.05) is 29.7 Å². The second-order valence-corrected chi connectivity index (χ2v) is 7.32. The molecule has 1 aromatic heterocycles. The van der Waals surface area contributed by atoms with Gasteiger partial charge >= 0.3 is 5.97 Å². The molecule has 0 bridgehead atoms. The molecule has 31 heavy (non-hydrogen) atoms. The van der Waals surface area contributed by atoms with Crippen molar-refractivity contribution in [2.24, 2.45) is 0 Å². The number of rotatable bonds is 7. The molecule has 11 heteroatoms. The normalized spacial score (nSPS) is 17.4. The van der Waals surface area contributed by atoms with Gasteiger partial charge in [0.2, 0.25) is 5.60 Å². The first-order valence-electron chi connectivity index (χ1n) is 8.92. The Morgan fingerprint density at radius 2 is 1.90 bits per heavy atom. The number of hydrogen-bond acceptors (Lipinski definition) is 8. The first kappa shape index (κ1) is 22.7. The van der Waals surface area contributed by atoms with E-state index in [1.165, 1.54) is 38.9 Å². The highest BCUT2D eigenvalue weighted by Crippen LogP contribution is 2.33. The van der Waals surface area contributed by atoms with E-state index in [9.17, 15) is 9.59 Å². The fourth-order valence-electron chi connectivity index (χ4n) is 2.77. The van der Waals surface area contributed by atoms with Crippen molar-refractivity contribution < 1.29 is 28.6 Å². The third-order valence-electron chi connectivity index (χ3n) is 4.58. The monoisotopic (exact) mass is 467 g/mol. The van der Waals surface area contributed by atoms with Crippen LogP contribution in [-0.2, 0) is 14.4 Å². The minimum atomic E-state index is -1.34. The number of amides is 1. The molecule has 2 heterocycles. The smallest absolute Gasteiger partial charge is 0.345 e. The molecule has 0 saturated carbocycles. The van der Waals surface area contributed by atoms with Crippen LogP contribution in [0.3, 0.4) is 0 Å². The Balaban J connectivity index is 1.80. The number of methoxy groups -OCH3 is 2. The van der Waals surface area contributed by atoms with Gasteiger partial charge in [-0.05, 0) is 25.1 Å². The molecule has 0 radical (unpaired) electrons. The fourth-order valence-corrected chi connectivity index (χ4v) is 3.23. The Morgan fingerprint density at radius 3 is 2.55 bits per heavy atom. The minimum Gasteiger partial charge on any atom is -0.493 e. The molecular formula is C20H19Cl2N3O6. The van der Waals surface area contributed by atoms with Crippen LogP contribution in [0.4, 0.5) is 5.69 Å². The highest BCUT2D eigenvalue weighted by atomic mass is 35.5. The predicted molar refractivity (Wildman–Crippen MR) is 113 cm³/mol. The number of anilines is 1. The van der Waals surface area contributed by atoms with Crippen molar-refractivity contribution in [2.75, 3.05) is 26.1 Å². The maximum absolute atomic E-state index is 12.7. The maximum atomic E-state index is 12.7. The van der Waals surface area contributed by atoms with Gasteiger partial charge in [-0.3, -0.25) is 20.1 Å². The van der Waals surface area contributed by atoms with Gasteiger partial charge in [0.25, 0.3) is 5.91 Å². The number of benzene rings is 1. The van der Waals surface area contributed by atoms with Crippen LogP contribution < -0.4 is 20.3 Å². The highest BCUT2D eigenvalue weighted by molar-refractivity contribution is 6.39. The van der Waals surface area contributed by atoms with Gasteiger partial charge in [0.05, 0.1) is 30.0 Å². The van der Waals surface area contributed by atoms with E-state index in [1.807, 2.05) is 0 Å². The molecule has 1 aromatic carbocycles. The average Bonchev–Trinajstić information content (AvgIpc) is 3.15. The average molecular weight is 468 g/mol. The zero-order valence-electron chi connectivity index (χ0n) is 16.8. The van der Waals surface area contributed by atoms with Gasteiger partial charge in [-0.25, -0.2) is 4.79 Å². The van der Waals surface area contributed by atoms with Crippen molar-refractivity contribution in [3.63, 3.8) is 0 Å². The van der Waals surface area contributed by atoms with E-state index >= 15 is 0 Å². The molecule has 9 nitrogen and oxygen atoms in total. The molecule has 0 fully saturated rings. The summed E-state index contributed by atoms with van der Waals surface area (Å²) in [6, 6.07) is 4.63. The second-order valence-electron chi connectivity index (χ2n) is 6.50. The highest BCUT2D eigenvalue weighted by Gasteiger charge is 2.44. The van der Waals surface area contributed by atoms with Crippen LogP contribution in [0.1, 0.15) is 17.3 Å². The van der Waals surface area contributed by atoms with E-state index in [1.54, 1.807) is 19.1 Å². The molecule has 1 aliphatic rings. The number of nitrogens with zero attached hydrogens (tertiary/aromatic N) is 1. The molecule has 3 rings (SSSR count). The molecular weight excluding hydrogens is 449 g/mol. The number of pyridine rings is 1. The number of carbonyl (C=O) groups is 2. The van der Waals surface area contributed by atoms with Crippen LogP contribution in [0.2, 0.25) is 10.0 Å². The molecule has 1 amide bonds. The molecule has 1 atom stereocenters. The van der Waals surface area contributed by atoms with Crippen LogP contribution in [-0.4, -0.2) is 43.3 Å². The summed E-state index contributed by atoms with van der Waals surface area (Å²) in [5.74, 6) is -0.378. The largest absolute Gasteiger partial charge is 0.493 e. The van der Waals surface area contributed by atoms with Crippen LogP contribution >= 0.6 is 23.2 Å². The number of hydroxylamine groups is 1. The number of nitrogens with one attached hydrogen (secondary N) is 2. The van der Waals surface area contributed by atoms with Crippen molar-refractivity contribution in [3.8, 4) is 11.5 Å². The molecule has 164 valence electrons. The van der Waals surface area contributed by atoms with Crippen molar-refractivity contribution in [1.82, 2.24) is 10.5 Å². The summed E-state index contributed by atoms with van der Waals surface area (Å²) in [6.45, 7) is 1.53. The van der Waals surface area contributed by atoms with E-state index in [0.29, 0.717) is 11.3 Å². The third kappa shape index (κ3) is 4.68. The zero-order valence-corrected chi connectivity index (χ0v) is 18.3. The molecule has 2 N–H and O–H groups in total. The number of esters is 1. The summed E-state index contributed by atoms with van der Waals surface area (Å²) < 4.78 is 15.9. The maximum Gasteiger partial charge on any atom is 0.345 e. The molecule has 1 aliphatic heterocycles. The lowest BCUT2D eigenvalue weighted by atomic mass is 9.98. The van der Waals surface area contributed by atoms with Crippen molar-refractivity contribution in [2.45, 2.75) is 12.5 Å². The topological polar surface area (TPSA) is 108 Å². The van der Waals surface area contributed by atoms with Crippen LogP contribution in [0.25, 0.3) is 0 Å². The number of hydrogen-bond donors (Lipinski definition) is 2. The lowest BCUT2D eigenvalue weighted by molar-refractivity contribution is -0.165. The fraction of sp³-hybridized carbons (Fsp3) is 0.250. The van der Waals surface area contributed by atoms with Crippen LogP contribution in [0.15, 0.2) is 42.4 Å². The number of ether oxygens (including phenoxy) is 3. The number of halogens is 2. The van der Waals surface area contributed by atoms with E-state index in [0.717, 1.165) is 0 Å². The van der Waals surface area contributed by atoms with Crippen LogP contribution in [0, 0.1) is 0 Å². The second kappa shape index (κ2) is 9.42. The van der Waals surface area contributed by atoms with Gasteiger partial charge in [-0.15, -0.1) is 0 Å². The summed E-state index contributed by atoms with van der Waals surface area (Å²) in [7, 11) is 2.73. The van der Waals surface area contributed by atoms with Crippen molar-refractivity contribution >= 4 is 40.8 Å². The van der Waals surface area contributed by atoms with E-state index in [4.69, 9.17) is 42.3 Å². The van der Waals surface area contributed by atoms with E-state index in [-0.39, 0.29) is 33.7 Å². The Kier molecular flexibility index (Phi) is 6.89. The number of aromatic nitrogens is 1. The Bertz CT molecular complexity index is 1030. The van der Waals surface area contributed by atoms with Gasteiger partial charge in [0.15, 0.2) is 11.5 Å². The Hall–Kier alpha value is -3.01. The summed E-state index contributed by atoms with van der Waals surface area (Å²) in [6.07, 6.45) is 4.25. The third-order valence-corrected chi connectivity index (χ3v) is 5.16. The molecule has 0 aliphatic carbocycles. The SMILES string of the molecule is COC(=O)C1(C)ONC=C1COc1cc(C(=O)Nc2c(Cl)cncc2Cl)ccc1OC. The van der Waals surface area contributed by atoms with Gasteiger partial charge < -0.3 is 19.5 Å². The summed E-state index contributed by atoms with van der Waals surface area (Å²) in [5.41, 5.74) is 2.21. The predicted octanol–water partition coefficient (Wildman–Crippen LogP) is 3.38. The minimum absolute atomic E-state index is 0.0258. The first-order chi connectivity index (χ1) is 14.8. The number of carbonyl (C=O) groups excluding carboxylic acids is 2. The van der Waals surface area contributed by atoms with Gasteiger partial charge in [-0.1, -0.05) is 23.2 Å². The lowest BCUT2D eigenvalue weighted by Crippen LogP contribution is -2.41. The lowest BCUT2D eigenvalue weighted by Gasteiger charge is -2.23. The standard InChI is InChI=1S/C20H19Cl2N3O6/c1-20(19(27)29-3)12(7-24-31-20)10-30-16-6-11(4-5-15(16)28-2)18(26)25-17-13(21)8-23-9-14(17)22/h4-9,24H,10H2,1-3H3,(H,23,25,26). The summed E-state index contributed by atoms with van der Waals surface area (Å²) >= 11 is 12.1. The first-order valence-corrected chi connectivity index (χ1v) is 9.68. The quantitative estimate of drug-likeness (QED) is 0.596. The van der Waals surface area contributed by atoms with E-state index in [2.05, 4.69) is 15.8 Å². The molecule has 0 spiro atoms. The molecule has 1 unspecified atom stereocenters.